The molecule has 15 heavy (non-hydrogen) atoms. The number of hydrogen-bond acceptors (Lipinski definition) is 3. The van der Waals surface area contributed by atoms with Crippen LogP contribution in [0.2, 0.25) is 0 Å². The van der Waals surface area contributed by atoms with Crippen molar-refractivity contribution in [3.8, 4) is 0 Å². The molecule has 88 valence electrons. The maximum absolute atomic E-state index is 10.8. The van der Waals surface area contributed by atoms with Gasteiger partial charge in [-0.3, -0.25) is 9.69 Å². The molecule has 3 nitrogen and oxygen atoms in total. The SMILES string of the molecule is CC(=O)SCC[N+]12CCN(CC1)CC2.[Br-]. The van der Waals surface area contributed by atoms with Crippen molar-refractivity contribution < 1.29 is 26.3 Å². The van der Waals surface area contributed by atoms with E-state index >= 15 is 0 Å². The van der Waals surface area contributed by atoms with Gasteiger partial charge in [-0.1, -0.05) is 11.8 Å². The maximum atomic E-state index is 10.8. The molecule has 0 aromatic rings. The second kappa shape index (κ2) is 5.66. The van der Waals surface area contributed by atoms with Gasteiger partial charge in [0.25, 0.3) is 0 Å². The van der Waals surface area contributed by atoms with Gasteiger partial charge in [-0.2, -0.15) is 0 Å². The van der Waals surface area contributed by atoms with E-state index < -0.39 is 0 Å². The molecule has 5 heteroatoms. The van der Waals surface area contributed by atoms with Gasteiger partial charge in [-0.15, -0.1) is 0 Å². The first kappa shape index (κ1) is 13.5. The van der Waals surface area contributed by atoms with Crippen molar-refractivity contribution in [3.63, 3.8) is 0 Å². The molecule has 0 aromatic heterocycles. The third-order valence-corrected chi connectivity index (χ3v) is 4.34. The van der Waals surface area contributed by atoms with Crippen LogP contribution in [0, 0.1) is 0 Å². The van der Waals surface area contributed by atoms with Gasteiger partial charge in [0.05, 0.1) is 31.9 Å². The minimum Gasteiger partial charge on any atom is -1.00 e. The molecule has 0 spiro atoms. The zero-order chi connectivity index (χ0) is 10.0. The molecule has 2 bridgehead atoms. The molecule has 3 aliphatic rings. The number of nitrogens with zero attached hydrogens (tertiary/aromatic N) is 2. The van der Waals surface area contributed by atoms with Gasteiger partial charge in [0, 0.05) is 26.6 Å². The molecule has 0 N–H and O–H groups in total. The zero-order valence-electron chi connectivity index (χ0n) is 9.25. The van der Waals surface area contributed by atoms with Crippen LogP contribution in [0.4, 0.5) is 0 Å². The van der Waals surface area contributed by atoms with Crippen LogP contribution >= 0.6 is 11.8 Å². The number of piperazine rings is 3. The van der Waals surface area contributed by atoms with Gasteiger partial charge in [-0.25, -0.2) is 0 Å². The quantitative estimate of drug-likeness (QED) is 0.533. The molecular weight excluding hydrogens is 276 g/mol. The summed E-state index contributed by atoms with van der Waals surface area (Å²) < 4.78 is 1.27. The van der Waals surface area contributed by atoms with Crippen LogP contribution in [-0.2, 0) is 4.79 Å². The fourth-order valence-corrected chi connectivity index (χ4v) is 3.22. The van der Waals surface area contributed by atoms with Crippen molar-refractivity contribution in [1.82, 2.24) is 4.90 Å². The highest BCUT2D eigenvalue weighted by Crippen LogP contribution is 2.20. The minimum absolute atomic E-state index is 0. The van der Waals surface area contributed by atoms with Gasteiger partial charge in [0.2, 0.25) is 0 Å². The first-order chi connectivity index (χ1) is 6.70. The van der Waals surface area contributed by atoms with E-state index in [1.807, 2.05) is 0 Å². The van der Waals surface area contributed by atoms with E-state index in [1.165, 1.54) is 62.1 Å². The zero-order valence-corrected chi connectivity index (χ0v) is 11.6. The van der Waals surface area contributed by atoms with Gasteiger partial charge in [0.1, 0.15) is 0 Å². The van der Waals surface area contributed by atoms with Crippen LogP contribution in [0.15, 0.2) is 0 Å². The number of carbonyl (C=O) groups is 1. The number of quaternary nitrogens is 1. The summed E-state index contributed by atoms with van der Waals surface area (Å²) in [5, 5.41) is 0.263. The van der Waals surface area contributed by atoms with E-state index in [4.69, 9.17) is 0 Å². The van der Waals surface area contributed by atoms with E-state index in [-0.39, 0.29) is 22.1 Å². The molecule has 0 aromatic carbocycles. The molecule has 0 aliphatic carbocycles. The Kier molecular flexibility index (Phi) is 5.09. The summed E-state index contributed by atoms with van der Waals surface area (Å²) in [6, 6.07) is 0. The Labute approximate surface area is 107 Å². The first-order valence-electron chi connectivity index (χ1n) is 5.41. The number of fused-ring (bicyclic) bond motifs is 3. The Balaban J connectivity index is 0.00000112. The summed E-state index contributed by atoms with van der Waals surface area (Å²) in [6.45, 7) is 10.6. The summed E-state index contributed by atoms with van der Waals surface area (Å²) >= 11 is 1.49. The summed E-state index contributed by atoms with van der Waals surface area (Å²) in [7, 11) is 0. The topological polar surface area (TPSA) is 20.3 Å². The second-order valence-electron chi connectivity index (χ2n) is 4.42. The molecule has 0 amide bonds. The lowest BCUT2D eigenvalue weighted by Crippen LogP contribution is -3.00. The van der Waals surface area contributed by atoms with E-state index in [1.54, 1.807) is 6.92 Å². The van der Waals surface area contributed by atoms with Crippen molar-refractivity contribution in [2.75, 3.05) is 51.6 Å². The fraction of sp³-hybridized carbons (Fsp3) is 0.900. The largest absolute Gasteiger partial charge is 1.00 e. The van der Waals surface area contributed by atoms with E-state index in [9.17, 15) is 4.79 Å². The maximum Gasteiger partial charge on any atom is 0.186 e. The van der Waals surface area contributed by atoms with Crippen LogP contribution in [-0.4, -0.2) is 66.1 Å². The highest BCUT2D eigenvalue weighted by molar-refractivity contribution is 8.13. The monoisotopic (exact) mass is 294 g/mol. The minimum atomic E-state index is 0. The third-order valence-electron chi connectivity index (χ3n) is 3.54. The van der Waals surface area contributed by atoms with Gasteiger partial charge in [0.15, 0.2) is 5.12 Å². The van der Waals surface area contributed by atoms with Gasteiger partial charge in [-0.05, 0) is 0 Å². The Morgan fingerprint density at radius 2 is 1.80 bits per heavy atom. The highest BCUT2D eigenvalue weighted by atomic mass is 79.9. The van der Waals surface area contributed by atoms with Crippen LogP contribution < -0.4 is 17.0 Å². The summed E-state index contributed by atoms with van der Waals surface area (Å²) in [5.74, 6) is 1.01. The Morgan fingerprint density at radius 3 is 2.27 bits per heavy atom. The van der Waals surface area contributed by atoms with Crippen LogP contribution in [0.1, 0.15) is 6.92 Å². The van der Waals surface area contributed by atoms with Crippen molar-refractivity contribution >= 4 is 16.9 Å². The summed E-state index contributed by atoms with van der Waals surface area (Å²) in [5.41, 5.74) is 0. The molecule has 3 rings (SSSR count). The normalized spacial score (nSPS) is 33.5. The molecule has 0 saturated carbocycles. The molecule has 3 saturated heterocycles. The lowest BCUT2D eigenvalue weighted by molar-refractivity contribution is -0.938. The predicted molar refractivity (Wildman–Crippen MR) is 59.3 cm³/mol. The van der Waals surface area contributed by atoms with Crippen molar-refractivity contribution in [3.05, 3.63) is 0 Å². The Bertz CT molecular complexity index is 216. The van der Waals surface area contributed by atoms with E-state index in [0.29, 0.717) is 0 Å². The van der Waals surface area contributed by atoms with Crippen molar-refractivity contribution in [2.24, 2.45) is 0 Å². The number of rotatable bonds is 3. The average Bonchev–Trinajstić information content (AvgIpc) is 2.19. The summed E-state index contributed by atoms with van der Waals surface area (Å²) in [4.78, 5) is 13.4. The Morgan fingerprint density at radius 1 is 1.27 bits per heavy atom. The molecule has 0 atom stereocenters. The molecule has 0 unspecified atom stereocenters. The van der Waals surface area contributed by atoms with Crippen LogP contribution in [0.25, 0.3) is 0 Å². The first-order valence-corrected chi connectivity index (χ1v) is 6.40. The molecule has 3 aliphatic heterocycles. The smallest absolute Gasteiger partial charge is 0.186 e. The second-order valence-corrected chi connectivity index (χ2v) is 5.69. The molecular formula is C10H19BrN2OS. The lowest BCUT2D eigenvalue weighted by Gasteiger charge is -2.50. The average molecular weight is 295 g/mol. The van der Waals surface area contributed by atoms with Crippen LogP contribution in [0.5, 0.6) is 0 Å². The highest BCUT2D eigenvalue weighted by Gasteiger charge is 2.37. The lowest BCUT2D eigenvalue weighted by atomic mass is 10.1. The van der Waals surface area contributed by atoms with E-state index in [0.717, 1.165) is 5.75 Å². The number of thioether (sulfide) groups is 1. The predicted octanol–water partition coefficient (Wildman–Crippen LogP) is -2.58. The molecule has 0 radical (unpaired) electrons. The number of halogens is 1. The number of carbonyl (C=O) groups excluding carboxylic acids is 1. The Hall–Kier alpha value is 0.420. The van der Waals surface area contributed by atoms with Crippen LogP contribution in [0.3, 0.4) is 0 Å². The van der Waals surface area contributed by atoms with Gasteiger partial charge >= 0.3 is 0 Å². The standard InChI is InChI=1S/C10H19N2OS.BrH/c1-10(13)14-9-8-12-5-2-11(3-6-12)4-7-12;/h2-9H2,1H3;1H/q+1;/p-1. The molecule has 3 heterocycles. The fourth-order valence-electron chi connectivity index (χ4n) is 2.45. The van der Waals surface area contributed by atoms with E-state index in [2.05, 4.69) is 4.90 Å². The van der Waals surface area contributed by atoms with Crippen molar-refractivity contribution in [1.29, 1.82) is 0 Å². The summed E-state index contributed by atoms with van der Waals surface area (Å²) in [6.07, 6.45) is 0. The van der Waals surface area contributed by atoms with Crippen molar-refractivity contribution in [2.45, 2.75) is 6.92 Å². The third kappa shape index (κ3) is 3.44. The van der Waals surface area contributed by atoms with Gasteiger partial charge < -0.3 is 21.5 Å². The molecule has 3 fully saturated rings. The number of hydrogen-bond donors (Lipinski definition) is 0.